The van der Waals surface area contributed by atoms with Gasteiger partial charge >= 0.3 is 0 Å². The minimum atomic E-state index is -3.53. The summed E-state index contributed by atoms with van der Waals surface area (Å²) in [6.07, 6.45) is 2.71. The first kappa shape index (κ1) is 18.0. The lowest BCUT2D eigenvalue weighted by Crippen LogP contribution is -2.17. The number of hydrogen-bond acceptors (Lipinski definition) is 5. The molecular formula is C19H20N2O4S. The van der Waals surface area contributed by atoms with Crippen molar-refractivity contribution in [3.05, 3.63) is 66.4 Å². The third-order valence-electron chi connectivity index (χ3n) is 3.94. The third-order valence-corrected chi connectivity index (χ3v) is 5.26. The Labute approximate surface area is 152 Å². The van der Waals surface area contributed by atoms with Crippen LogP contribution in [0, 0.1) is 0 Å². The first-order chi connectivity index (χ1) is 12.6. The number of benzene rings is 2. The van der Waals surface area contributed by atoms with E-state index in [2.05, 4.69) is 9.88 Å². The van der Waals surface area contributed by atoms with Crippen LogP contribution in [0.3, 0.4) is 0 Å². The van der Waals surface area contributed by atoms with Crippen molar-refractivity contribution >= 4 is 15.9 Å². The number of aromatic nitrogens is 1. The van der Waals surface area contributed by atoms with Gasteiger partial charge in [-0.2, -0.15) is 0 Å². The van der Waals surface area contributed by atoms with E-state index in [-0.39, 0.29) is 11.6 Å². The van der Waals surface area contributed by atoms with Crippen LogP contribution in [0.15, 0.2) is 65.3 Å². The summed E-state index contributed by atoms with van der Waals surface area (Å²) in [6.45, 7) is 0. The number of ether oxygens (including phenoxy) is 1. The van der Waals surface area contributed by atoms with Gasteiger partial charge in [-0.25, -0.2) is 8.42 Å². The van der Waals surface area contributed by atoms with Crippen LogP contribution in [0.5, 0.6) is 5.75 Å². The molecule has 0 fully saturated rings. The van der Waals surface area contributed by atoms with Crippen molar-refractivity contribution in [2.75, 3.05) is 17.6 Å². The van der Waals surface area contributed by atoms with E-state index in [4.69, 9.17) is 9.26 Å². The van der Waals surface area contributed by atoms with Crippen LogP contribution in [0.2, 0.25) is 0 Å². The topological polar surface area (TPSA) is 81.4 Å². The van der Waals surface area contributed by atoms with Gasteiger partial charge in [-0.1, -0.05) is 47.6 Å². The Balaban J connectivity index is 1.65. The summed E-state index contributed by atoms with van der Waals surface area (Å²) in [5.74, 6) is 0.841. The summed E-state index contributed by atoms with van der Waals surface area (Å²) in [7, 11) is -1.94. The van der Waals surface area contributed by atoms with E-state index in [1.54, 1.807) is 19.2 Å². The summed E-state index contributed by atoms with van der Waals surface area (Å²) in [4.78, 5) is 0. The van der Waals surface area contributed by atoms with Crippen molar-refractivity contribution in [1.29, 1.82) is 0 Å². The molecule has 0 unspecified atom stereocenters. The van der Waals surface area contributed by atoms with Gasteiger partial charge in [-0.05, 0) is 36.1 Å². The molecule has 6 nitrogen and oxygen atoms in total. The molecule has 0 saturated carbocycles. The smallest absolute Gasteiger partial charge is 0.245 e. The second kappa shape index (κ2) is 8.05. The van der Waals surface area contributed by atoms with Gasteiger partial charge in [-0.15, -0.1) is 0 Å². The molecule has 7 heteroatoms. The van der Waals surface area contributed by atoms with Gasteiger partial charge in [0.15, 0.2) is 0 Å². The SMILES string of the molecule is COc1ccc(-c2cnoc2NS(=O)(=O)CCCc2ccccc2)cc1. The van der Waals surface area contributed by atoms with Crippen LogP contribution in [0.25, 0.3) is 11.1 Å². The molecule has 0 amide bonds. The number of methoxy groups -OCH3 is 1. The second-order valence-corrected chi connectivity index (χ2v) is 7.65. The van der Waals surface area contributed by atoms with E-state index in [0.29, 0.717) is 24.2 Å². The standard InChI is InChI=1S/C19H20N2O4S/c1-24-17-11-9-16(10-12-17)18-14-20-25-19(18)21-26(22,23)13-5-8-15-6-3-2-4-7-15/h2-4,6-7,9-12,14,21H,5,8,13H2,1H3. The van der Waals surface area contributed by atoms with Gasteiger partial charge < -0.3 is 9.26 Å². The number of hydrogen-bond donors (Lipinski definition) is 1. The fourth-order valence-corrected chi connectivity index (χ4v) is 3.65. The van der Waals surface area contributed by atoms with Crippen molar-refractivity contribution in [1.82, 2.24) is 5.16 Å². The second-order valence-electron chi connectivity index (χ2n) is 5.81. The highest BCUT2D eigenvalue weighted by Crippen LogP contribution is 2.29. The Morgan fingerprint density at radius 2 is 1.81 bits per heavy atom. The first-order valence-corrected chi connectivity index (χ1v) is 9.86. The maximum atomic E-state index is 12.4. The number of rotatable bonds is 8. The van der Waals surface area contributed by atoms with Gasteiger partial charge in [0.25, 0.3) is 0 Å². The largest absolute Gasteiger partial charge is 0.497 e. The van der Waals surface area contributed by atoms with Crippen LogP contribution in [-0.2, 0) is 16.4 Å². The van der Waals surface area contributed by atoms with Crippen LogP contribution < -0.4 is 9.46 Å². The lowest BCUT2D eigenvalue weighted by Gasteiger charge is -2.07. The van der Waals surface area contributed by atoms with Gasteiger partial charge in [0.05, 0.1) is 24.6 Å². The number of aryl methyl sites for hydroxylation is 1. The molecule has 0 saturated heterocycles. The zero-order valence-electron chi connectivity index (χ0n) is 14.4. The Morgan fingerprint density at radius 1 is 1.08 bits per heavy atom. The maximum absolute atomic E-state index is 12.4. The van der Waals surface area contributed by atoms with E-state index in [9.17, 15) is 8.42 Å². The molecule has 3 aromatic rings. The van der Waals surface area contributed by atoms with Gasteiger partial charge in [0, 0.05) is 0 Å². The fraction of sp³-hybridized carbons (Fsp3) is 0.211. The molecule has 1 N–H and O–H groups in total. The fourth-order valence-electron chi connectivity index (χ4n) is 2.59. The van der Waals surface area contributed by atoms with Crippen molar-refractivity contribution in [2.24, 2.45) is 0 Å². The van der Waals surface area contributed by atoms with Crippen LogP contribution in [-0.4, -0.2) is 26.4 Å². The van der Waals surface area contributed by atoms with Crippen molar-refractivity contribution in [3.8, 4) is 16.9 Å². The highest BCUT2D eigenvalue weighted by Gasteiger charge is 2.17. The molecule has 0 bridgehead atoms. The van der Waals surface area contributed by atoms with Gasteiger partial charge in [0.2, 0.25) is 15.9 Å². The molecule has 0 aliphatic heterocycles. The number of nitrogens with one attached hydrogen (secondary N) is 1. The summed E-state index contributed by atoms with van der Waals surface area (Å²) in [6, 6.07) is 17.0. The lowest BCUT2D eigenvalue weighted by molar-refractivity contribution is 0.415. The minimum absolute atomic E-state index is 0.00461. The molecule has 3 rings (SSSR count). The zero-order chi connectivity index (χ0) is 18.4. The van der Waals surface area contributed by atoms with Crippen LogP contribution >= 0.6 is 0 Å². The Morgan fingerprint density at radius 3 is 2.50 bits per heavy atom. The number of sulfonamides is 1. The molecule has 1 heterocycles. The third kappa shape index (κ3) is 4.64. The normalized spacial score (nSPS) is 11.3. The summed E-state index contributed by atoms with van der Waals surface area (Å²) < 4.78 is 37.4. The minimum Gasteiger partial charge on any atom is -0.497 e. The zero-order valence-corrected chi connectivity index (χ0v) is 15.2. The molecule has 0 spiro atoms. The first-order valence-electron chi connectivity index (χ1n) is 8.21. The van der Waals surface area contributed by atoms with E-state index < -0.39 is 10.0 Å². The van der Waals surface area contributed by atoms with E-state index in [1.807, 2.05) is 42.5 Å². The highest BCUT2D eigenvalue weighted by molar-refractivity contribution is 7.92. The Kier molecular flexibility index (Phi) is 5.58. The van der Waals surface area contributed by atoms with Crippen molar-refractivity contribution in [3.63, 3.8) is 0 Å². The number of anilines is 1. The predicted molar refractivity (Wildman–Crippen MR) is 101 cm³/mol. The Hall–Kier alpha value is -2.80. The summed E-state index contributed by atoms with van der Waals surface area (Å²) >= 11 is 0. The van der Waals surface area contributed by atoms with E-state index >= 15 is 0 Å². The molecular weight excluding hydrogens is 352 g/mol. The lowest BCUT2D eigenvalue weighted by atomic mass is 10.1. The number of nitrogens with zero attached hydrogens (tertiary/aromatic N) is 1. The van der Waals surface area contributed by atoms with E-state index in [1.165, 1.54) is 6.20 Å². The highest BCUT2D eigenvalue weighted by atomic mass is 32.2. The monoisotopic (exact) mass is 372 g/mol. The molecule has 0 aliphatic rings. The van der Waals surface area contributed by atoms with Crippen molar-refractivity contribution < 1.29 is 17.7 Å². The average Bonchev–Trinajstić information content (AvgIpc) is 3.10. The molecule has 1 aromatic heterocycles. The van der Waals surface area contributed by atoms with Crippen LogP contribution in [0.4, 0.5) is 5.88 Å². The summed E-state index contributed by atoms with van der Waals surface area (Å²) in [5, 5.41) is 3.72. The van der Waals surface area contributed by atoms with Gasteiger partial charge in [0.1, 0.15) is 5.75 Å². The van der Waals surface area contributed by atoms with Crippen LogP contribution in [0.1, 0.15) is 12.0 Å². The molecule has 0 radical (unpaired) electrons. The van der Waals surface area contributed by atoms with Gasteiger partial charge in [-0.3, -0.25) is 4.72 Å². The Bertz CT molecular complexity index is 935. The quantitative estimate of drug-likeness (QED) is 0.652. The molecule has 2 aromatic carbocycles. The molecule has 26 heavy (non-hydrogen) atoms. The molecule has 0 atom stereocenters. The van der Waals surface area contributed by atoms with E-state index in [0.717, 1.165) is 11.1 Å². The average molecular weight is 372 g/mol. The molecule has 0 aliphatic carbocycles. The predicted octanol–water partition coefficient (Wildman–Crippen LogP) is 3.72. The van der Waals surface area contributed by atoms with Crippen molar-refractivity contribution in [2.45, 2.75) is 12.8 Å². The molecule has 136 valence electrons. The maximum Gasteiger partial charge on any atom is 0.245 e. The summed E-state index contributed by atoms with van der Waals surface area (Å²) in [5.41, 5.74) is 2.48.